The number of nitrogens with one attached hydrogen (secondary N) is 1. The van der Waals surface area contributed by atoms with Gasteiger partial charge in [0.25, 0.3) is 0 Å². The molecular weight excluding hydrogens is 192 g/mol. The van der Waals surface area contributed by atoms with Crippen molar-refractivity contribution in [3.8, 4) is 0 Å². The number of aliphatic hydroxyl groups excluding tert-OH is 2. The molecule has 0 amide bonds. The van der Waals surface area contributed by atoms with Crippen molar-refractivity contribution in [1.82, 2.24) is 0 Å². The second kappa shape index (κ2) is 3.72. The number of hydrogen-bond acceptors (Lipinski definition) is 4. The van der Waals surface area contributed by atoms with E-state index in [1.54, 1.807) is 11.8 Å². The Bertz CT molecular complexity index is 366. The van der Waals surface area contributed by atoms with E-state index >= 15 is 0 Å². The Kier molecular flexibility index (Phi) is 2.54. The quantitative estimate of drug-likeness (QED) is 0.675. The third kappa shape index (κ3) is 1.91. The molecule has 0 radical (unpaired) electrons. The van der Waals surface area contributed by atoms with Crippen LogP contribution < -0.4 is 10.2 Å². The highest BCUT2D eigenvalue weighted by atomic mass is 16.3. The standard InChI is InChI=1S/C11H16N2O2/c1-7-3-4-10-9(5-7)12-11(15)13(10)6-8(2)14/h3-5,8,11-12,14-15H,6H2,1-2H3. The molecule has 15 heavy (non-hydrogen) atoms. The lowest BCUT2D eigenvalue weighted by atomic mass is 10.2. The minimum atomic E-state index is -0.739. The van der Waals surface area contributed by atoms with Crippen molar-refractivity contribution in [3.05, 3.63) is 23.8 Å². The number of aliphatic hydroxyl groups is 2. The van der Waals surface area contributed by atoms with E-state index in [1.807, 2.05) is 25.1 Å². The molecule has 0 bridgehead atoms. The molecule has 1 aromatic carbocycles. The molecule has 0 spiro atoms. The summed E-state index contributed by atoms with van der Waals surface area (Å²) in [7, 11) is 0. The van der Waals surface area contributed by atoms with Gasteiger partial charge in [0.2, 0.25) is 6.35 Å². The molecule has 0 fully saturated rings. The van der Waals surface area contributed by atoms with Gasteiger partial charge in [-0.15, -0.1) is 0 Å². The van der Waals surface area contributed by atoms with Crippen LogP contribution in [0.15, 0.2) is 18.2 Å². The molecular formula is C11H16N2O2. The molecule has 4 heteroatoms. The van der Waals surface area contributed by atoms with Gasteiger partial charge < -0.3 is 20.4 Å². The molecule has 0 saturated heterocycles. The molecule has 1 heterocycles. The lowest BCUT2D eigenvalue weighted by molar-refractivity contribution is 0.160. The van der Waals surface area contributed by atoms with E-state index in [-0.39, 0.29) is 0 Å². The number of fused-ring (bicyclic) bond motifs is 1. The SMILES string of the molecule is Cc1ccc2c(c1)NC(O)N2CC(C)O. The smallest absolute Gasteiger partial charge is 0.205 e. The monoisotopic (exact) mass is 208 g/mol. The maximum absolute atomic E-state index is 9.75. The highest BCUT2D eigenvalue weighted by Gasteiger charge is 2.27. The zero-order valence-corrected chi connectivity index (χ0v) is 8.94. The summed E-state index contributed by atoms with van der Waals surface area (Å²) in [6, 6.07) is 5.93. The Morgan fingerprint density at radius 2 is 2.27 bits per heavy atom. The van der Waals surface area contributed by atoms with Gasteiger partial charge in [-0.05, 0) is 31.5 Å². The van der Waals surface area contributed by atoms with E-state index in [9.17, 15) is 10.2 Å². The van der Waals surface area contributed by atoms with Gasteiger partial charge >= 0.3 is 0 Å². The maximum Gasteiger partial charge on any atom is 0.205 e. The molecule has 1 aromatic rings. The second-order valence-corrected chi connectivity index (χ2v) is 4.04. The Balaban J connectivity index is 2.29. The van der Waals surface area contributed by atoms with Crippen molar-refractivity contribution in [1.29, 1.82) is 0 Å². The van der Waals surface area contributed by atoms with Gasteiger partial charge in [-0.25, -0.2) is 0 Å². The molecule has 0 aromatic heterocycles. The summed E-state index contributed by atoms with van der Waals surface area (Å²) in [5.41, 5.74) is 3.00. The predicted molar refractivity (Wildman–Crippen MR) is 59.8 cm³/mol. The highest BCUT2D eigenvalue weighted by Crippen LogP contribution is 2.34. The normalized spacial score (nSPS) is 21.1. The Labute approximate surface area is 89.1 Å². The minimum absolute atomic E-state index is 0.421. The Hall–Kier alpha value is -1.26. The van der Waals surface area contributed by atoms with Gasteiger partial charge in [0.1, 0.15) is 0 Å². The highest BCUT2D eigenvalue weighted by molar-refractivity contribution is 5.76. The zero-order chi connectivity index (χ0) is 11.0. The number of benzene rings is 1. The lowest BCUT2D eigenvalue weighted by Crippen LogP contribution is -2.39. The molecule has 82 valence electrons. The van der Waals surface area contributed by atoms with E-state index in [4.69, 9.17) is 0 Å². The van der Waals surface area contributed by atoms with Crippen molar-refractivity contribution < 1.29 is 10.2 Å². The van der Waals surface area contributed by atoms with Crippen LogP contribution in [0.25, 0.3) is 0 Å². The van der Waals surface area contributed by atoms with Gasteiger partial charge in [0, 0.05) is 6.54 Å². The predicted octanol–water partition coefficient (Wildman–Crippen LogP) is 0.884. The van der Waals surface area contributed by atoms with Crippen LogP contribution in [0.1, 0.15) is 12.5 Å². The second-order valence-electron chi connectivity index (χ2n) is 4.04. The molecule has 1 aliphatic heterocycles. The molecule has 4 nitrogen and oxygen atoms in total. The molecule has 0 saturated carbocycles. The van der Waals surface area contributed by atoms with E-state index < -0.39 is 12.5 Å². The fraction of sp³-hybridized carbons (Fsp3) is 0.455. The molecule has 2 atom stereocenters. The number of rotatable bonds is 2. The van der Waals surface area contributed by atoms with Crippen LogP contribution >= 0.6 is 0 Å². The number of nitrogens with zero attached hydrogens (tertiary/aromatic N) is 1. The summed E-state index contributed by atoms with van der Waals surface area (Å²) >= 11 is 0. The summed E-state index contributed by atoms with van der Waals surface area (Å²) in [5.74, 6) is 0. The van der Waals surface area contributed by atoms with Crippen molar-refractivity contribution in [2.24, 2.45) is 0 Å². The summed E-state index contributed by atoms with van der Waals surface area (Å²) in [5, 5.41) is 22.0. The average molecular weight is 208 g/mol. The van der Waals surface area contributed by atoms with E-state index in [2.05, 4.69) is 5.32 Å². The third-order valence-electron chi connectivity index (χ3n) is 2.50. The van der Waals surface area contributed by atoms with E-state index in [0.29, 0.717) is 6.54 Å². The number of β-amino-alcohol motifs (C(OH)–C–C–N with tert-alkyl or cyclic N) is 1. The number of aryl methyl sites for hydroxylation is 1. The van der Waals surface area contributed by atoms with Crippen LogP contribution in [0, 0.1) is 6.92 Å². The van der Waals surface area contributed by atoms with Gasteiger partial charge in [-0.3, -0.25) is 0 Å². The molecule has 1 aliphatic rings. The van der Waals surface area contributed by atoms with Gasteiger partial charge in [-0.1, -0.05) is 6.07 Å². The fourth-order valence-electron chi connectivity index (χ4n) is 1.85. The summed E-state index contributed by atoms with van der Waals surface area (Å²) in [4.78, 5) is 1.75. The Morgan fingerprint density at radius 1 is 1.53 bits per heavy atom. The zero-order valence-electron chi connectivity index (χ0n) is 8.94. The lowest BCUT2D eigenvalue weighted by Gasteiger charge is -2.23. The fourth-order valence-corrected chi connectivity index (χ4v) is 1.85. The largest absolute Gasteiger partial charge is 0.392 e. The molecule has 2 rings (SSSR count). The first-order chi connectivity index (χ1) is 7.08. The van der Waals surface area contributed by atoms with Crippen LogP contribution in [0.4, 0.5) is 11.4 Å². The maximum atomic E-state index is 9.75. The minimum Gasteiger partial charge on any atom is -0.392 e. The van der Waals surface area contributed by atoms with Gasteiger partial charge in [0.15, 0.2) is 0 Å². The average Bonchev–Trinajstić information content (AvgIpc) is 2.41. The first-order valence-corrected chi connectivity index (χ1v) is 5.08. The van der Waals surface area contributed by atoms with Gasteiger partial charge in [0.05, 0.1) is 17.5 Å². The summed E-state index contributed by atoms with van der Waals surface area (Å²) in [6.07, 6.45) is -1.20. The first-order valence-electron chi connectivity index (χ1n) is 5.08. The van der Waals surface area contributed by atoms with Crippen molar-refractivity contribution in [2.45, 2.75) is 26.3 Å². The van der Waals surface area contributed by atoms with Crippen LogP contribution in [0.5, 0.6) is 0 Å². The first kappa shape index (κ1) is 10.3. The molecule has 0 aliphatic carbocycles. The Morgan fingerprint density at radius 3 is 2.93 bits per heavy atom. The van der Waals surface area contributed by atoms with Crippen LogP contribution in [-0.4, -0.2) is 29.2 Å². The van der Waals surface area contributed by atoms with Crippen LogP contribution in [0.2, 0.25) is 0 Å². The number of hydrogen-bond donors (Lipinski definition) is 3. The van der Waals surface area contributed by atoms with E-state index in [0.717, 1.165) is 16.9 Å². The number of anilines is 2. The third-order valence-corrected chi connectivity index (χ3v) is 2.50. The van der Waals surface area contributed by atoms with Crippen LogP contribution in [0.3, 0.4) is 0 Å². The van der Waals surface area contributed by atoms with Crippen LogP contribution in [-0.2, 0) is 0 Å². The van der Waals surface area contributed by atoms with Crippen molar-refractivity contribution in [2.75, 3.05) is 16.8 Å². The topological polar surface area (TPSA) is 55.7 Å². The molecule has 2 unspecified atom stereocenters. The molecule has 3 N–H and O–H groups in total. The van der Waals surface area contributed by atoms with Gasteiger partial charge in [-0.2, -0.15) is 0 Å². The van der Waals surface area contributed by atoms with Crippen molar-refractivity contribution in [3.63, 3.8) is 0 Å². The van der Waals surface area contributed by atoms with E-state index in [1.165, 1.54) is 0 Å². The summed E-state index contributed by atoms with van der Waals surface area (Å²) in [6.45, 7) is 4.13. The van der Waals surface area contributed by atoms with Crippen molar-refractivity contribution >= 4 is 11.4 Å². The summed E-state index contributed by atoms with van der Waals surface area (Å²) < 4.78 is 0.